The maximum Gasteiger partial charge on any atom is 0.323 e. The summed E-state index contributed by atoms with van der Waals surface area (Å²) in [6, 6.07) is 17.5. The summed E-state index contributed by atoms with van der Waals surface area (Å²) in [6.45, 7) is 0.263. The minimum Gasteiger partial charge on any atom is -0.463 e. The molecule has 4 N–H and O–H groups in total. The monoisotopic (exact) mass is 502 g/mol. The van der Waals surface area contributed by atoms with Gasteiger partial charge in [-0.15, -0.1) is 23.5 Å². The highest BCUT2D eigenvalue weighted by Crippen LogP contribution is 2.45. The molecule has 1 aliphatic rings. The van der Waals surface area contributed by atoms with Crippen molar-refractivity contribution in [1.82, 2.24) is 0 Å². The summed E-state index contributed by atoms with van der Waals surface area (Å²) in [4.78, 5) is 35.9. The SMILES string of the molecule is N[C@@H](Cc1ccccc1)C(=O)OC[C@@H]1SC(CC=O)S[C@@H]1COC(=O)[C@@H](N)Cc1ccccc1. The number of benzene rings is 2. The van der Waals surface area contributed by atoms with Crippen molar-refractivity contribution in [1.29, 1.82) is 0 Å². The molecule has 0 saturated carbocycles. The molecule has 1 saturated heterocycles. The van der Waals surface area contributed by atoms with Crippen LogP contribution < -0.4 is 11.5 Å². The standard InChI is InChI=1S/C25H30N2O5S2/c26-19(13-17-7-3-1-4-8-17)24(29)31-15-21-22(34-23(33-21)11-12-28)16-32-25(30)20(27)14-18-9-5-2-6-10-18/h1-10,12,19-23H,11,13-16,26-27H2/t19-,20-,21-,22+,23?/m0/s1. The number of rotatable bonds is 12. The lowest BCUT2D eigenvalue weighted by Crippen LogP contribution is -2.38. The lowest BCUT2D eigenvalue weighted by Gasteiger charge is -2.20. The first-order valence-corrected chi connectivity index (χ1v) is 13.0. The number of carbonyl (C=O) groups is 3. The molecule has 182 valence electrons. The Kier molecular flexibility index (Phi) is 10.5. The maximum absolute atomic E-state index is 12.4. The van der Waals surface area contributed by atoms with Gasteiger partial charge in [0, 0.05) is 6.42 Å². The van der Waals surface area contributed by atoms with Crippen LogP contribution in [0.25, 0.3) is 0 Å². The zero-order valence-electron chi connectivity index (χ0n) is 18.8. The molecule has 0 aromatic heterocycles. The normalized spacial score (nSPS) is 21.4. The molecule has 0 amide bonds. The van der Waals surface area contributed by atoms with E-state index in [1.165, 1.54) is 0 Å². The zero-order chi connectivity index (χ0) is 24.3. The predicted molar refractivity (Wildman–Crippen MR) is 135 cm³/mol. The van der Waals surface area contributed by atoms with Crippen molar-refractivity contribution in [2.45, 2.75) is 46.4 Å². The number of hydrogen-bond acceptors (Lipinski definition) is 9. The maximum atomic E-state index is 12.4. The molecule has 1 aliphatic heterocycles. The smallest absolute Gasteiger partial charge is 0.323 e. The van der Waals surface area contributed by atoms with E-state index in [1.807, 2.05) is 60.7 Å². The minimum absolute atomic E-state index is 0.0147. The Morgan fingerprint density at radius 3 is 1.59 bits per heavy atom. The number of aldehydes is 1. The molecule has 1 unspecified atom stereocenters. The molecular weight excluding hydrogens is 472 g/mol. The Hall–Kier alpha value is -2.33. The lowest BCUT2D eigenvalue weighted by molar-refractivity contribution is -0.147. The van der Waals surface area contributed by atoms with E-state index >= 15 is 0 Å². The Morgan fingerprint density at radius 1 is 0.794 bits per heavy atom. The highest BCUT2D eigenvalue weighted by atomic mass is 32.2. The number of hydrogen-bond donors (Lipinski definition) is 2. The number of esters is 2. The van der Waals surface area contributed by atoms with E-state index in [-0.39, 0.29) is 28.3 Å². The summed E-state index contributed by atoms with van der Waals surface area (Å²) in [6.07, 6.45) is 2.01. The van der Waals surface area contributed by atoms with Gasteiger partial charge in [0.2, 0.25) is 0 Å². The van der Waals surface area contributed by atoms with Gasteiger partial charge < -0.3 is 25.7 Å². The lowest BCUT2D eigenvalue weighted by atomic mass is 10.1. The largest absolute Gasteiger partial charge is 0.463 e. The van der Waals surface area contributed by atoms with Crippen LogP contribution in [0.15, 0.2) is 60.7 Å². The fourth-order valence-corrected chi connectivity index (χ4v) is 6.98. The van der Waals surface area contributed by atoms with Crippen LogP contribution in [0.3, 0.4) is 0 Å². The van der Waals surface area contributed by atoms with Crippen molar-refractivity contribution in [2.24, 2.45) is 11.5 Å². The van der Waals surface area contributed by atoms with Crippen LogP contribution in [0.4, 0.5) is 0 Å². The second kappa shape index (κ2) is 13.5. The van der Waals surface area contributed by atoms with Crippen LogP contribution >= 0.6 is 23.5 Å². The van der Waals surface area contributed by atoms with Gasteiger partial charge in [0.15, 0.2) is 0 Å². The van der Waals surface area contributed by atoms with Gasteiger partial charge >= 0.3 is 11.9 Å². The Labute approximate surface area is 208 Å². The van der Waals surface area contributed by atoms with Gasteiger partial charge in [0.05, 0.1) is 15.1 Å². The van der Waals surface area contributed by atoms with Gasteiger partial charge in [-0.05, 0) is 24.0 Å². The Balaban J connectivity index is 1.49. The van der Waals surface area contributed by atoms with Crippen molar-refractivity contribution in [3.8, 4) is 0 Å². The third kappa shape index (κ3) is 8.16. The van der Waals surface area contributed by atoms with E-state index in [0.29, 0.717) is 19.3 Å². The van der Waals surface area contributed by atoms with E-state index in [1.54, 1.807) is 23.5 Å². The first-order chi connectivity index (χ1) is 16.5. The molecule has 3 rings (SSSR count). The van der Waals surface area contributed by atoms with Crippen LogP contribution in [0.5, 0.6) is 0 Å². The van der Waals surface area contributed by atoms with E-state index in [4.69, 9.17) is 20.9 Å². The predicted octanol–water partition coefficient (Wildman–Crippen LogP) is 2.35. The Morgan fingerprint density at radius 2 is 1.21 bits per heavy atom. The van der Waals surface area contributed by atoms with Crippen LogP contribution in [-0.2, 0) is 36.7 Å². The molecule has 1 heterocycles. The van der Waals surface area contributed by atoms with Gasteiger partial charge in [0.1, 0.15) is 31.6 Å². The van der Waals surface area contributed by atoms with Crippen LogP contribution in [0, 0.1) is 0 Å². The highest BCUT2D eigenvalue weighted by Gasteiger charge is 2.37. The van der Waals surface area contributed by atoms with Gasteiger partial charge in [-0.3, -0.25) is 9.59 Å². The van der Waals surface area contributed by atoms with Crippen molar-refractivity contribution in [2.75, 3.05) is 13.2 Å². The van der Waals surface area contributed by atoms with Crippen LogP contribution in [0.2, 0.25) is 0 Å². The number of carbonyl (C=O) groups excluding carboxylic acids is 3. The molecule has 0 aliphatic carbocycles. The fraction of sp³-hybridized carbons (Fsp3) is 0.400. The average Bonchev–Trinajstić information content (AvgIpc) is 3.23. The molecular formula is C25H30N2O5S2. The summed E-state index contributed by atoms with van der Waals surface area (Å²) in [5, 5.41) is -0.248. The van der Waals surface area contributed by atoms with Crippen molar-refractivity contribution >= 4 is 41.7 Å². The molecule has 7 nitrogen and oxygen atoms in total. The van der Waals surface area contributed by atoms with Gasteiger partial charge in [-0.2, -0.15) is 0 Å². The fourth-order valence-electron chi connectivity index (χ4n) is 3.53. The van der Waals surface area contributed by atoms with E-state index in [2.05, 4.69) is 0 Å². The third-order valence-electron chi connectivity index (χ3n) is 5.34. The van der Waals surface area contributed by atoms with E-state index in [9.17, 15) is 14.4 Å². The first kappa shape index (κ1) is 26.3. The molecule has 2 aromatic carbocycles. The molecule has 1 fully saturated rings. The number of ether oxygens (including phenoxy) is 2. The molecule has 34 heavy (non-hydrogen) atoms. The summed E-state index contributed by atoms with van der Waals surface area (Å²) >= 11 is 3.11. The topological polar surface area (TPSA) is 122 Å². The van der Waals surface area contributed by atoms with Crippen molar-refractivity contribution in [3.05, 3.63) is 71.8 Å². The summed E-state index contributed by atoms with van der Waals surface area (Å²) in [5.74, 6) is -0.956. The first-order valence-electron chi connectivity index (χ1n) is 11.1. The molecule has 0 radical (unpaired) electrons. The van der Waals surface area contributed by atoms with Gasteiger partial charge in [-0.1, -0.05) is 60.7 Å². The molecule has 0 bridgehead atoms. The highest BCUT2D eigenvalue weighted by molar-refractivity contribution is 8.20. The van der Waals surface area contributed by atoms with Crippen molar-refractivity contribution in [3.63, 3.8) is 0 Å². The zero-order valence-corrected chi connectivity index (χ0v) is 20.4. The van der Waals surface area contributed by atoms with Gasteiger partial charge in [0.25, 0.3) is 0 Å². The van der Waals surface area contributed by atoms with Crippen molar-refractivity contribution < 1.29 is 23.9 Å². The number of thioether (sulfide) groups is 2. The molecule has 2 aromatic rings. The second-order valence-electron chi connectivity index (χ2n) is 8.03. The average molecular weight is 503 g/mol. The van der Waals surface area contributed by atoms with E-state index in [0.717, 1.165) is 17.4 Å². The quantitative estimate of drug-likeness (QED) is 0.333. The second-order valence-corrected chi connectivity index (χ2v) is 11.2. The summed E-state index contributed by atoms with van der Waals surface area (Å²) in [5.41, 5.74) is 14.0. The number of nitrogens with two attached hydrogens (primary N) is 2. The molecule has 0 spiro atoms. The molecule has 9 heteroatoms. The minimum atomic E-state index is -0.764. The van der Waals surface area contributed by atoms with Crippen LogP contribution in [0.1, 0.15) is 17.5 Å². The molecule has 5 atom stereocenters. The third-order valence-corrected chi connectivity index (χ3v) is 8.80. The Bertz CT molecular complexity index is 860. The van der Waals surface area contributed by atoms with Crippen LogP contribution in [-0.4, -0.2) is 58.6 Å². The summed E-state index contributed by atoms with van der Waals surface area (Å²) in [7, 11) is 0. The van der Waals surface area contributed by atoms with Gasteiger partial charge in [-0.25, -0.2) is 0 Å². The summed E-state index contributed by atoms with van der Waals surface area (Å²) < 4.78 is 11.0. The van der Waals surface area contributed by atoms with E-state index < -0.39 is 24.0 Å².